The van der Waals surface area contributed by atoms with Crippen LogP contribution in [0.15, 0.2) is 42.5 Å². The number of hydrogen-bond acceptors (Lipinski definition) is 5. The maximum Gasteiger partial charge on any atom is 0.348 e. The van der Waals surface area contributed by atoms with Crippen LogP contribution in [-0.2, 0) is 20.9 Å². The molecule has 0 radical (unpaired) electrons. The van der Waals surface area contributed by atoms with Crippen molar-refractivity contribution >= 4 is 29.4 Å². The molecule has 1 aromatic heterocycles. The molecule has 25 heavy (non-hydrogen) atoms. The topological polar surface area (TPSA) is 52.6 Å². The normalized spacial score (nSPS) is 11.5. The first-order valence-corrected chi connectivity index (χ1v) is 8.79. The second kappa shape index (κ2) is 8.12. The molecule has 0 spiro atoms. The fourth-order valence-corrected chi connectivity index (χ4v) is 3.01. The molecule has 0 saturated carbocycles. The molecule has 0 N–H and O–H groups in total. The van der Waals surface area contributed by atoms with Crippen LogP contribution in [0.3, 0.4) is 0 Å². The minimum absolute atomic E-state index is 0.236. The van der Waals surface area contributed by atoms with Gasteiger partial charge in [-0.05, 0) is 51.0 Å². The molecule has 2 aromatic rings. The summed E-state index contributed by atoms with van der Waals surface area (Å²) in [6.45, 7) is 7.57. The Balaban J connectivity index is 1.99. The van der Waals surface area contributed by atoms with Gasteiger partial charge < -0.3 is 9.47 Å². The van der Waals surface area contributed by atoms with Crippen molar-refractivity contribution in [1.82, 2.24) is 0 Å². The van der Waals surface area contributed by atoms with Crippen LogP contribution in [-0.4, -0.2) is 17.5 Å². The van der Waals surface area contributed by atoms with Crippen LogP contribution < -0.4 is 0 Å². The lowest BCUT2D eigenvalue weighted by atomic mass is 10.2. The van der Waals surface area contributed by atoms with Gasteiger partial charge in [0, 0.05) is 11.0 Å². The predicted molar refractivity (Wildman–Crippen MR) is 99.5 cm³/mol. The molecule has 1 aromatic carbocycles. The van der Waals surface area contributed by atoms with Gasteiger partial charge in [-0.1, -0.05) is 30.3 Å². The van der Waals surface area contributed by atoms with Gasteiger partial charge in [-0.3, -0.25) is 0 Å². The Kier molecular flexibility index (Phi) is 6.15. The fraction of sp³-hybridized carbons (Fsp3) is 0.300. The number of ether oxygens (including phenoxy) is 2. The van der Waals surface area contributed by atoms with E-state index in [0.29, 0.717) is 4.88 Å². The Morgan fingerprint density at radius 2 is 1.84 bits per heavy atom. The van der Waals surface area contributed by atoms with E-state index in [9.17, 15) is 9.59 Å². The summed E-state index contributed by atoms with van der Waals surface area (Å²) in [5.41, 5.74) is 1.32. The average Bonchev–Trinajstić information content (AvgIpc) is 2.91. The molecule has 132 valence electrons. The van der Waals surface area contributed by atoms with Crippen LogP contribution >= 0.6 is 11.3 Å². The summed E-state index contributed by atoms with van der Waals surface area (Å²) in [6.07, 6.45) is 3.05. The first-order chi connectivity index (χ1) is 11.7. The summed E-state index contributed by atoms with van der Waals surface area (Å²) >= 11 is 1.29. The maximum absolute atomic E-state index is 12.2. The van der Waals surface area contributed by atoms with Crippen LogP contribution in [0.25, 0.3) is 6.08 Å². The van der Waals surface area contributed by atoms with Gasteiger partial charge in [0.15, 0.2) is 0 Å². The highest BCUT2D eigenvalue weighted by Gasteiger charge is 2.15. The lowest BCUT2D eigenvalue weighted by Crippen LogP contribution is -2.22. The van der Waals surface area contributed by atoms with Crippen molar-refractivity contribution in [3.63, 3.8) is 0 Å². The zero-order chi connectivity index (χ0) is 18.4. The highest BCUT2D eigenvalue weighted by atomic mass is 32.1. The molecule has 5 heteroatoms. The molecule has 2 rings (SSSR count). The SMILES string of the molecule is Cc1cc(C(=O)OCc2ccccc2)sc1/C=C/C(=O)OC(C)(C)C. The number of rotatable bonds is 5. The molecule has 0 aliphatic rings. The van der Waals surface area contributed by atoms with Gasteiger partial charge in [0.25, 0.3) is 0 Å². The van der Waals surface area contributed by atoms with Crippen molar-refractivity contribution in [3.8, 4) is 0 Å². The van der Waals surface area contributed by atoms with Gasteiger partial charge in [0.05, 0.1) is 0 Å². The van der Waals surface area contributed by atoms with Gasteiger partial charge in [0.2, 0.25) is 0 Å². The molecule has 4 nitrogen and oxygen atoms in total. The molecule has 0 bridgehead atoms. The molecule has 0 fully saturated rings. The largest absolute Gasteiger partial charge is 0.457 e. The van der Waals surface area contributed by atoms with Crippen LogP contribution in [0.5, 0.6) is 0 Å². The summed E-state index contributed by atoms with van der Waals surface area (Å²) in [4.78, 5) is 25.3. The summed E-state index contributed by atoms with van der Waals surface area (Å²) in [6, 6.07) is 11.3. The number of hydrogen-bond donors (Lipinski definition) is 0. The standard InChI is InChI=1S/C20H22O4S/c1-14-12-17(19(22)23-13-15-8-6-5-7-9-15)25-16(14)10-11-18(21)24-20(2,3)4/h5-12H,13H2,1-4H3/b11-10+. The molecule has 0 unspecified atom stereocenters. The van der Waals surface area contributed by atoms with Crippen LogP contribution in [0.4, 0.5) is 0 Å². The molecular weight excluding hydrogens is 336 g/mol. The third kappa shape index (κ3) is 6.19. The van der Waals surface area contributed by atoms with E-state index < -0.39 is 11.6 Å². The quantitative estimate of drug-likeness (QED) is 0.571. The van der Waals surface area contributed by atoms with Crippen molar-refractivity contribution < 1.29 is 19.1 Å². The molecule has 0 aliphatic carbocycles. The van der Waals surface area contributed by atoms with Crippen LogP contribution in [0.2, 0.25) is 0 Å². The summed E-state index contributed by atoms with van der Waals surface area (Å²) in [5.74, 6) is -0.776. The number of aryl methyl sites for hydroxylation is 1. The van der Waals surface area contributed by atoms with Gasteiger partial charge in [-0.15, -0.1) is 11.3 Å². The molecule has 1 heterocycles. The highest BCUT2D eigenvalue weighted by molar-refractivity contribution is 7.15. The predicted octanol–water partition coefficient (Wildman–Crippen LogP) is 4.77. The summed E-state index contributed by atoms with van der Waals surface area (Å²) < 4.78 is 10.6. The van der Waals surface area contributed by atoms with E-state index in [1.54, 1.807) is 12.1 Å². The first kappa shape index (κ1) is 18.9. The Bertz CT molecular complexity index is 767. The smallest absolute Gasteiger partial charge is 0.348 e. The number of carbonyl (C=O) groups excluding carboxylic acids is 2. The van der Waals surface area contributed by atoms with E-state index in [1.807, 2.05) is 58.0 Å². The van der Waals surface area contributed by atoms with Crippen LogP contribution in [0, 0.1) is 6.92 Å². The molecule has 0 atom stereocenters. The van der Waals surface area contributed by atoms with Crippen molar-refractivity contribution in [2.75, 3.05) is 0 Å². The second-order valence-electron chi connectivity index (χ2n) is 6.59. The Hall–Kier alpha value is -2.40. The van der Waals surface area contributed by atoms with E-state index in [0.717, 1.165) is 16.0 Å². The molecule has 0 saturated heterocycles. The maximum atomic E-state index is 12.2. The third-order valence-corrected chi connectivity index (χ3v) is 4.33. The van der Waals surface area contributed by atoms with Gasteiger partial charge in [0.1, 0.15) is 17.1 Å². The van der Waals surface area contributed by atoms with E-state index in [1.165, 1.54) is 17.4 Å². The minimum Gasteiger partial charge on any atom is -0.457 e. The Morgan fingerprint density at radius 3 is 2.48 bits per heavy atom. The van der Waals surface area contributed by atoms with E-state index in [-0.39, 0.29) is 12.6 Å². The zero-order valence-electron chi connectivity index (χ0n) is 14.9. The minimum atomic E-state index is -0.529. The van der Waals surface area contributed by atoms with Gasteiger partial charge in [-0.2, -0.15) is 0 Å². The van der Waals surface area contributed by atoms with E-state index in [2.05, 4.69) is 0 Å². The van der Waals surface area contributed by atoms with Crippen molar-refractivity contribution in [2.45, 2.75) is 39.9 Å². The number of benzene rings is 1. The lowest BCUT2D eigenvalue weighted by molar-refractivity contribution is -0.148. The first-order valence-electron chi connectivity index (χ1n) is 7.97. The van der Waals surface area contributed by atoms with Gasteiger partial charge in [-0.25, -0.2) is 9.59 Å². The lowest BCUT2D eigenvalue weighted by Gasteiger charge is -2.17. The molecule has 0 amide bonds. The van der Waals surface area contributed by atoms with Crippen molar-refractivity contribution in [3.05, 3.63) is 63.4 Å². The monoisotopic (exact) mass is 358 g/mol. The summed E-state index contributed by atoms with van der Waals surface area (Å²) in [5, 5.41) is 0. The van der Waals surface area contributed by atoms with E-state index >= 15 is 0 Å². The molecular formula is C20H22O4S. The highest BCUT2D eigenvalue weighted by Crippen LogP contribution is 2.24. The fourth-order valence-electron chi connectivity index (χ4n) is 2.04. The second-order valence-corrected chi connectivity index (χ2v) is 7.67. The number of esters is 2. The van der Waals surface area contributed by atoms with Crippen molar-refractivity contribution in [1.29, 1.82) is 0 Å². The average molecular weight is 358 g/mol. The number of carbonyl (C=O) groups is 2. The Labute approximate surface area is 152 Å². The summed E-state index contributed by atoms with van der Waals surface area (Å²) in [7, 11) is 0. The molecule has 0 aliphatic heterocycles. The van der Waals surface area contributed by atoms with E-state index in [4.69, 9.17) is 9.47 Å². The van der Waals surface area contributed by atoms with Gasteiger partial charge >= 0.3 is 11.9 Å². The third-order valence-electron chi connectivity index (χ3n) is 3.15. The Morgan fingerprint density at radius 1 is 1.16 bits per heavy atom. The zero-order valence-corrected chi connectivity index (χ0v) is 15.7. The van der Waals surface area contributed by atoms with Crippen LogP contribution in [0.1, 0.15) is 46.4 Å². The van der Waals surface area contributed by atoms with Crippen molar-refractivity contribution in [2.24, 2.45) is 0 Å². The number of thiophene rings is 1.